The van der Waals surface area contributed by atoms with Crippen LogP contribution < -0.4 is 10.0 Å². The molecule has 3 rings (SSSR count). The molecular formula is C17H17Br2ClN2O2S. The normalized spacial score (nSPS) is 17.1. The average molecular weight is 509 g/mol. The Morgan fingerprint density at radius 2 is 2.00 bits per heavy atom. The summed E-state index contributed by atoms with van der Waals surface area (Å²) in [6, 6.07) is 7.02. The first-order valence-corrected chi connectivity index (χ1v) is 11.6. The summed E-state index contributed by atoms with van der Waals surface area (Å²) in [6.07, 6.45) is 0. The van der Waals surface area contributed by atoms with Crippen molar-refractivity contribution in [1.29, 1.82) is 0 Å². The smallest absolute Gasteiger partial charge is 0.253 e. The van der Waals surface area contributed by atoms with Crippen LogP contribution in [-0.2, 0) is 16.7 Å². The maximum Gasteiger partial charge on any atom is 0.253 e. The van der Waals surface area contributed by atoms with Crippen LogP contribution >= 0.6 is 43.5 Å². The van der Waals surface area contributed by atoms with E-state index in [0.717, 1.165) is 20.1 Å². The number of thiol groups is 1. The van der Waals surface area contributed by atoms with Crippen molar-refractivity contribution in [2.75, 3.05) is 10.5 Å². The van der Waals surface area contributed by atoms with E-state index >= 15 is 0 Å². The third-order valence-electron chi connectivity index (χ3n) is 4.30. The zero-order chi connectivity index (χ0) is 18.4. The molecule has 2 aromatic carbocycles. The molecule has 2 N–H and O–H groups in total. The van der Waals surface area contributed by atoms with Crippen molar-refractivity contribution in [2.45, 2.75) is 25.3 Å². The number of amides is 1. The van der Waals surface area contributed by atoms with E-state index in [0.29, 0.717) is 26.9 Å². The maximum atomic E-state index is 13.8. The van der Waals surface area contributed by atoms with Gasteiger partial charge in [0.1, 0.15) is 0 Å². The van der Waals surface area contributed by atoms with Gasteiger partial charge in [-0.05, 0) is 68.4 Å². The zero-order valence-corrected chi connectivity index (χ0v) is 18.4. The molecule has 0 atom stereocenters. The molecule has 0 bridgehead atoms. The molecule has 0 saturated heterocycles. The van der Waals surface area contributed by atoms with Crippen molar-refractivity contribution in [3.8, 4) is 0 Å². The van der Waals surface area contributed by atoms with Gasteiger partial charge in [0.2, 0.25) is 0 Å². The number of carbonyl (C=O) groups excluding carboxylic acids is 1. The van der Waals surface area contributed by atoms with Crippen molar-refractivity contribution >= 4 is 65.2 Å². The predicted octanol–water partition coefficient (Wildman–Crippen LogP) is 4.84. The topological polar surface area (TPSA) is 58.2 Å². The van der Waals surface area contributed by atoms with Gasteiger partial charge in [0.25, 0.3) is 5.91 Å². The summed E-state index contributed by atoms with van der Waals surface area (Å²) >= 11 is 13.1. The molecule has 0 radical (unpaired) electrons. The van der Waals surface area contributed by atoms with Crippen molar-refractivity contribution in [3.63, 3.8) is 0 Å². The fourth-order valence-electron chi connectivity index (χ4n) is 2.82. The summed E-state index contributed by atoms with van der Waals surface area (Å²) in [5, 5.41) is 3.45. The third-order valence-corrected chi connectivity index (χ3v) is 9.04. The number of fused-ring (bicyclic) bond motifs is 2. The second kappa shape index (κ2) is 7.02. The third kappa shape index (κ3) is 3.39. The van der Waals surface area contributed by atoms with Gasteiger partial charge in [-0.15, -0.1) is 0 Å². The highest BCUT2D eigenvalue weighted by Crippen LogP contribution is 2.39. The molecule has 0 fully saturated rings. The minimum Gasteiger partial charge on any atom is -0.348 e. The number of benzene rings is 2. The van der Waals surface area contributed by atoms with Gasteiger partial charge in [0.05, 0.1) is 11.3 Å². The number of carbonyl (C=O) groups is 1. The summed E-state index contributed by atoms with van der Waals surface area (Å²) in [6.45, 7) is 4.06. The standard InChI is InChI=1S/C17H17Br2ClN2O2S/c1-3-25(24)14-5-4-11(20)6-10(14)8-21-17(23)12-7-13(18)9(2)15(19)16(12)22-25/h4-7,25H,3,8H2,1-2H3,(H,21,23)(H,22,24). The average Bonchev–Trinajstić information content (AvgIpc) is 2.63. The Hall–Kier alpha value is -0.890. The zero-order valence-electron chi connectivity index (χ0n) is 13.6. The van der Waals surface area contributed by atoms with E-state index in [4.69, 9.17) is 11.6 Å². The van der Waals surface area contributed by atoms with Gasteiger partial charge in [-0.3, -0.25) is 9.00 Å². The molecule has 1 heterocycles. The summed E-state index contributed by atoms with van der Waals surface area (Å²) < 4.78 is 18.5. The Morgan fingerprint density at radius 3 is 2.68 bits per heavy atom. The van der Waals surface area contributed by atoms with E-state index in [-0.39, 0.29) is 12.5 Å². The molecule has 0 unspecified atom stereocenters. The van der Waals surface area contributed by atoms with Gasteiger partial charge in [-0.25, -0.2) is 0 Å². The molecule has 8 heteroatoms. The fourth-order valence-corrected chi connectivity index (χ4v) is 6.52. The lowest BCUT2D eigenvalue weighted by Gasteiger charge is -2.28. The van der Waals surface area contributed by atoms with Crippen LogP contribution in [0.5, 0.6) is 0 Å². The van der Waals surface area contributed by atoms with Crippen molar-refractivity contribution in [3.05, 3.63) is 54.9 Å². The Labute approximate surface area is 169 Å². The Kier molecular flexibility index (Phi) is 5.31. The van der Waals surface area contributed by atoms with Crippen LogP contribution in [0.1, 0.15) is 28.4 Å². The van der Waals surface area contributed by atoms with Crippen LogP contribution in [0.2, 0.25) is 5.02 Å². The lowest BCUT2D eigenvalue weighted by molar-refractivity contribution is 0.0951. The van der Waals surface area contributed by atoms with Crippen LogP contribution in [0.3, 0.4) is 0 Å². The molecule has 0 aliphatic carbocycles. The number of rotatable bonds is 1. The van der Waals surface area contributed by atoms with E-state index in [9.17, 15) is 9.00 Å². The second-order valence-corrected chi connectivity index (χ2v) is 10.7. The van der Waals surface area contributed by atoms with Crippen molar-refractivity contribution in [2.24, 2.45) is 0 Å². The molecule has 1 aliphatic heterocycles. The number of hydrogen-bond acceptors (Lipinski definition) is 2. The summed E-state index contributed by atoms with van der Waals surface area (Å²) in [5.41, 5.74) is 2.68. The molecular weight excluding hydrogens is 492 g/mol. The van der Waals surface area contributed by atoms with Gasteiger partial charge in [0.15, 0.2) is 0 Å². The van der Waals surface area contributed by atoms with Crippen LogP contribution in [0, 0.1) is 6.92 Å². The van der Waals surface area contributed by atoms with Gasteiger partial charge in [0, 0.05) is 31.2 Å². The van der Waals surface area contributed by atoms with E-state index in [1.807, 2.05) is 13.8 Å². The fraction of sp³-hybridized carbons (Fsp3) is 0.235. The first-order valence-electron chi connectivity index (χ1n) is 7.70. The van der Waals surface area contributed by atoms with Gasteiger partial charge < -0.3 is 10.0 Å². The molecule has 1 aliphatic rings. The molecule has 0 spiro atoms. The largest absolute Gasteiger partial charge is 0.348 e. The Bertz CT molecular complexity index is 933. The molecule has 25 heavy (non-hydrogen) atoms. The second-order valence-electron chi connectivity index (χ2n) is 5.84. The lowest BCUT2D eigenvalue weighted by Crippen LogP contribution is -2.27. The minimum absolute atomic E-state index is 0.237. The van der Waals surface area contributed by atoms with Crippen LogP contribution in [0.25, 0.3) is 0 Å². The Morgan fingerprint density at radius 1 is 1.28 bits per heavy atom. The number of nitrogens with one attached hydrogen (secondary N) is 2. The first-order chi connectivity index (χ1) is 11.8. The highest BCUT2D eigenvalue weighted by atomic mass is 79.9. The molecule has 4 nitrogen and oxygen atoms in total. The highest BCUT2D eigenvalue weighted by molar-refractivity contribution is 9.11. The van der Waals surface area contributed by atoms with Gasteiger partial charge in [-0.2, -0.15) is 0 Å². The minimum atomic E-state index is -2.97. The Balaban J connectivity index is 2.29. The maximum absolute atomic E-state index is 13.8. The molecule has 0 saturated carbocycles. The molecule has 2 aromatic rings. The monoisotopic (exact) mass is 506 g/mol. The summed E-state index contributed by atoms with van der Waals surface area (Å²) in [7, 11) is -2.97. The SMILES string of the molecule is CC[SH]1(=O)Nc2c(cc(Br)c(C)c2Br)C(=O)NCc2cc(Cl)ccc21. The number of anilines is 1. The number of hydrogen-bond donors (Lipinski definition) is 3. The molecule has 134 valence electrons. The van der Waals surface area contributed by atoms with Crippen molar-refractivity contribution in [1.82, 2.24) is 5.32 Å². The van der Waals surface area contributed by atoms with E-state index in [1.54, 1.807) is 24.3 Å². The highest BCUT2D eigenvalue weighted by Gasteiger charge is 2.27. The van der Waals surface area contributed by atoms with Gasteiger partial charge >= 0.3 is 0 Å². The lowest BCUT2D eigenvalue weighted by atomic mass is 10.1. The number of halogens is 3. The van der Waals surface area contributed by atoms with E-state index in [2.05, 4.69) is 41.9 Å². The molecule has 1 amide bonds. The van der Waals surface area contributed by atoms with Gasteiger partial charge in [-0.1, -0.05) is 34.5 Å². The van der Waals surface area contributed by atoms with E-state index in [1.165, 1.54) is 0 Å². The quantitative estimate of drug-likeness (QED) is 0.483. The summed E-state index contributed by atoms with van der Waals surface area (Å²) in [5.74, 6) is 0.177. The first kappa shape index (κ1) is 18.9. The summed E-state index contributed by atoms with van der Waals surface area (Å²) in [4.78, 5) is 13.4. The van der Waals surface area contributed by atoms with Crippen LogP contribution in [-0.4, -0.2) is 15.9 Å². The van der Waals surface area contributed by atoms with Crippen LogP contribution in [0.15, 0.2) is 38.1 Å². The van der Waals surface area contributed by atoms with E-state index < -0.39 is 10.1 Å². The molecule has 0 aromatic heterocycles. The predicted molar refractivity (Wildman–Crippen MR) is 111 cm³/mol. The van der Waals surface area contributed by atoms with Crippen molar-refractivity contribution < 1.29 is 9.00 Å². The van der Waals surface area contributed by atoms with Crippen LogP contribution in [0.4, 0.5) is 5.69 Å².